The fraction of sp³-hybridized carbons (Fsp3) is 0.214. The van der Waals surface area contributed by atoms with Crippen LogP contribution >= 0.6 is 43.2 Å². The molecule has 100 valence electrons. The summed E-state index contributed by atoms with van der Waals surface area (Å²) in [6, 6.07) is 7.52. The molecule has 0 saturated heterocycles. The summed E-state index contributed by atoms with van der Waals surface area (Å²) < 4.78 is 7.60. The molecule has 0 saturated carbocycles. The second-order valence-corrected chi connectivity index (χ2v) is 7.44. The highest BCUT2D eigenvalue weighted by atomic mass is 79.9. The van der Waals surface area contributed by atoms with E-state index in [1.165, 1.54) is 11.3 Å². The highest BCUT2D eigenvalue weighted by Gasteiger charge is 2.10. The molecule has 2 rings (SSSR count). The number of rotatable bonds is 4. The van der Waals surface area contributed by atoms with Gasteiger partial charge < -0.3 is 4.74 Å². The van der Waals surface area contributed by atoms with Gasteiger partial charge in [-0.2, -0.15) is 0 Å². The van der Waals surface area contributed by atoms with Gasteiger partial charge in [-0.1, -0.05) is 15.9 Å². The monoisotopic (exact) mass is 402 g/mol. The largest absolute Gasteiger partial charge is 0.485 e. The van der Waals surface area contributed by atoms with Crippen molar-refractivity contribution in [3.8, 4) is 5.75 Å². The first-order chi connectivity index (χ1) is 8.97. The maximum atomic E-state index is 11.9. The van der Waals surface area contributed by atoms with Gasteiger partial charge in [0.05, 0.1) is 8.66 Å². The van der Waals surface area contributed by atoms with Crippen molar-refractivity contribution in [2.45, 2.75) is 13.8 Å². The molecule has 2 aromatic rings. The molecule has 0 unspecified atom stereocenters. The van der Waals surface area contributed by atoms with Gasteiger partial charge in [0.25, 0.3) is 0 Å². The maximum absolute atomic E-state index is 11.9. The summed E-state index contributed by atoms with van der Waals surface area (Å²) in [5.74, 6) is 0.719. The lowest BCUT2D eigenvalue weighted by atomic mass is 10.1. The number of ketones is 1. The third-order valence-corrected chi connectivity index (χ3v) is 5.54. The molecule has 1 aromatic carbocycles. The van der Waals surface area contributed by atoms with E-state index in [4.69, 9.17) is 4.74 Å². The van der Waals surface area contributed by atoms with E-state index in [9.17, 15) is 4.79 Å². The Balaban J connectivity index is 2.05. The van der Waals surface area contributed by atoms with Crippen LogP contribution < -0.4 is 4.74 Å². The van der Waals surface area contributed by atoms with Crippen LogP contribution in [0, 0.1) is 13.8 Å². The SMILES string of the molecule is Cc1cc(OCC(=O)c2ccc(Br)s2)cc(C)c1Br. The van der Waals surface area contributed by atoms with Gasteiger partial charge in [0.2, 0.25) is 5.78 Å². The van der Waals surface area contributed by atoms with Crippen LogP contribution in [-0.4, -0.2) is 12.4 Å². The molecule has 0 aliphatic rings. The maximum Gasteiger partial charge on any atom is 0.210 e. The van der Waals surface area contributed by atoms with Crippen molar-refractivity contribution in [2.75, 3.05) is 6.61 Å². The smallest absolute Gasteiger partial charge is 0.210 e. The summed E-state index contributed by atoms with van der Waals surface area (Å²) in [6.45, 7) is 4.07. The standard InChI is InChI=1S/C14H12Br2O2S/c1-8-5-10(6-9(2)14(8)16)18-7-11(17)12-3-4-13(15)19-12/h3-6H,7H2,1-2H3. The van der Waals surface area contributed by atoms with E-state index in [1.54, 1.807) is 6.07 Å². The van der Waals surface area contributed by atoms with E-state index in [0.29, 0.717) is 4.88 Å². The minimum Gasteiger partial charge on any atom is -0.485 e. The van der Waals surface area contributed by atoms with Crippen LogP contribution in [0.5, 0.6) is 5.75 Å². The average molecular weight is 404 g/mol. The fourth-order valence-electron chi connectivity index (χ4n) is 1.67. The molecule has 0 fully saturated rings. The molecule has 19 heavy (non-hydrogen) atoms. The zero-order valence-corrected chi connectivity index (χ0v) is 14.5. The van der Waals surface area contributed by atoms with Crippen molar-refractivity contribution >= 4 is 49.0 Å². The lowest BCUT2D eigenvalue weighted by Crippen LogP contribution is -2.10. The Morgan fingerprint density at radius 3 is 2.37 bits per heavy atom. The summed E-state index contributed by atoms with van der Waals surface area (Å²) in [5, 5.41) is 0. The number of halogens is 2. The number of benzene rings is 1. The van der Waals surface area contributed by atoms with Gasteiger partial charge >= 0.3 is 0 Å². The van der Waals surface area contributed by atoms with Gasteiger partial charge in [-0.15, -0.1) is 11.3 Å². The van der Waals surface area contributed by atoms with Gasteiger partial charge in [0.1, 0.15) is 5.75 Å². The lowest BCUT2D eigenvalue weighted by Gasteiger charge is -2.09. The Labute approximate surface area is 133 Å². The van der Waals surface area contributed by atoms with E-state index in [-0.39, 0.29) is 12.4 Å². The number of Topliss-reactive ketones (excluding diaryl/α,β-unsaturated/α-hetero) is 1. The van der Waals surface area contributed by atoms with Gasteiger partial charge in [-0.3, -0.25) is 4.79 Å². The lowest BCUT2D eigenvalue weighted by molar-refractivity contribution is 0.0925. The summed E-state index contributed by atoms with van der Waals surface area (Å²) in [7, 11) is 0. The van der Waals surface area contributed by atoms with Gasteiger partial charge in [-0.05, 0) is 65.2 Å². The molecule has 1 heterocycles. The van der Waals surface area contributed by atoms with Crippen LogP contribution in [-0.2, 0) is 0 Å². The molecular weight excluding hydrogens is 392 g/mol. The Morgan fingerprint density at radius 1 is 1.21 bits per heavy atom. The van der Waals surface area contributed by atoms with Crippen molar-refractivity contribution in [3.05, 3.63) is 48.5 Å². The van der Waals surface area contributed by atoms with E-state index in [2.05, 4.69) is 31.9 Å². The number of thiophene rings is 1. The molecule has 5 heteroatoms. The molecule has 0 aliphatic heterocycles. The third kappa shape index (κ3) is 3.68. The Bertz CT molecular complexity index is 597. The predicted octanol–water partition coefficient (Wildman–Crippen LogP) is 5.15. The molecule has 0 bridgehead atoms. The normalized spacial score (nSPS) is 10.5. The predicted molar refractivity (Wildman–Crippen MR) is 85.5 cm³/mol. The van der Waals surface area contributed by atoms with E-state index >= 15 is 0 Å². The minimum absolute atomic E-state index is 0.00563. The second-order valence-electron chi connectivity index (χ2n) is 4.19. The number of aryl methyl sites for hydroxylation is 2. The fourth-order valence-corrected chi connectivity index (χ4v) is 3.21. The minimum atomic E-state index is -0.00563. The zero-order valence-electron chi connectivity index (χ0n) is 10.5. The molecular formula is C14H12Br2O2S. The highest BCUT2D eigenvalue weighted by Crippen LogP contribution is 2.27. The molecule has 0 atom stereocenters. The third-order valence-electron chi connectivity index (χ3n) is 2.63. The number of carbonyl (C=O) groups is 1. The van der Waals surface area contributed by atoms with Crippen LogP contribution in [0.3, 0.4) is 0 Å². The topological polar surface area (TPSA) is 26.3 Å². The van der Waals surface area contributed by atoms with Crippen LogP contribution in [0.25, 0.3) is 0 Å². The number of hydrogen-bond donors (Lipinski definition) is 0. The summed E-state index contributed by atoms with van der Waals surface area (Å²) in [5.41, 5.74) is 2.20. The number of ether oxygens (including phenoxy) is 1. The van der Waals surface area contributed by atoms with Crippen LogP contribution in [0.1, 0.15) is 20.8 Å². The molecule has 2 nitrogen and oxygen atoms in total. The van der Waals surface area contributed by atoms with Crippen molar-refractivity contribution in [3.63, 3.8) is 0 Å². The van der Waals surface area contributed by atoms with Crippen molar-refractivity contribution in [1.29, 1.82) is 0 Å². The quantitative estimate of drug-likeness (QED) is 0.659. The van der Waals surface area contributed by atoms with Crippen molar-refractivity contribution in [2.24, 2.45) is 0 Å². The van der Waals surface area contributed by atoms with Gasteiger partial charge in [0, 0.05) is 4.47 Å². The summed E-state index contributed by atoms with van der Waals surface area (Å²) >= 11 is 8.27. The van der Waals surface area contributed by atoms with E-state index < -0.39 is 0 Å². The highest BCUT2D eigenvalue weighted by molar-refractivity contribution is 9.11. The second kappa shape index (κ2) is 6.20. The van der Waals surface area contributed by atoms with E-state index in [1.807, 2.05) is 32.0 Å². The molecule has 0 radical (unpaired) electrons. The number of hydrogen-bond acceptors (Lipinski definition) is 3. The summed E-state index contributed by atoms with van der Waals surface area (Å²) in [4.78, 5) is 12.6. The first-order valence-electron chi connectivity index (χ1n) is 5.65. The Hall–Kier alpha value is -0.650. The molecule has 0 spiro atoms. The first kappa shape index (κ1) is 14.8. The molecule has 0 amide bonds. The molecule has 1 aromatic heterocycles. The zero-order chi connectivity index (χ0) is 14.0. The van der Waals surface area contributed by atoms with Crippen molar-refractivity contribution < 1.29 is 9.53 Å². The molecule has 0 N–H and O–H groups in total. The Kier molecular flexibility index (Phi) is 4.81. The molecule has 0 aliphatic carbocycles. The van der Waals surface area contributed by atoms with Gasteiger partial charge in [-0.25, -0.2) is 0 Å². The summed E-state index contributed by atoms with van der Waals surface area (Å²) in [6.07, 6.45) is 0. The Morgan fingerprint density at radius 2 is 1.84 bits per heavy atom. The van der Waals surface area contributed by atoms with Gasteiger partial charge in [0.15, 0.2) is 6.61 Å². The van der Waals surface area contributed by atoms with Crippen LogP contribution in [0.15, 0.2) is 32.5 Å². The van der Waals surface area contributed by atoms with Crippen molar-refractivity contribution in [1.82, 2.24) is 0 Å². The van der Waals surface area contributed by atoms with E-state index in [0.717, 1.165) is 25.1 Å². The van der Waals surface area contributed by atoms with Crippen LogP contribution in [0.2, 0.25) is 0 Å². The van der Waals surface area contributed by atoms with Crippen LogP contribution in [0.4, 0.5) is 0 Å². The average Bonchev–Trinajstić information content (AvgIpc) is 2.79. The first-order valence-corrected chi connectivity index (χ1v) is 8.05. The number of carbonyl (C=O) groups excluding carboxylic acids is 1.